The van der Waals surface area contributed by atoms with E-state index in [1.807, 2.05) is 0 Å². The monoisotopic (exact) mass is 279 g/mol. The van der Waals surface area contributed by atoms with Crippen LogP contribution in [0, 0.1) is 5.82 Å². The highest BCUT2D eigenvalue weighted by molar-refractivity contribution is 5.97. The zero-order valence-electron chi connectivity index (χ0n) is 11.4. The highest BCUT2D eigenvalue weighted by atomic mass is 19.1. The van der Waals surface area contributed by atoms with Crippen molar-refractivity contribution in [2.45, 2.75) is 25.8 Å². The molecule has 0 radical (unpaired) electrons. The van der Waals surface area contributed by atoms with Crippen LogP contribution in [0.15, 0.2) is 18.2 Å². The molecule has 1 aromatic carbocycles. The zero-order valence-corrected chi connectivity index (χ0v) is 11.4. The lowest BCUT2D eigenvalue weighted by atomic mass is 10.0. The van der Waals surface area contributed by atoms with Crippen LogP contribution in [0.5, 0.6) is 0 Å². The second-order valence-electron chi connectivity index (χ2n) is 5.01. The van der Waals surface area contributed by atoms with Gasteiger partial charge in [0.2, 0.25) is 5.91 Å². The summed E-state index contributed by atoms with van der Waals surface area (Å²) in [6.45, 7) is 2.42. The fraction of sp³-hybridized carbons (Fsp3) is 0.429. The summed E-state index contributed by atoms with van der Waals surface area (Å²) in [6, 6.07) is 4.09. The molecule has 2 amide bonds. The highest BCUT2D eigenvalue weighted by Gasteiger charge is 2.24. The molecule has 0 saturated carbocycles. The first-order valence-corrected chi connectivity index (χ1v) is 6.59. The number of benzene rings is 1. The molecule has 3 N–H and O–H groups in total. The van der Waals surface area contributed by atoms with Crippen molar-refractivity contribution >= 4 is 17.5 Å². The maximum atomic E-state index is 13.8. The van der Waals surface area contributed by atoms with Gasteiger partial charge in [0, 0.05) is 31.7 Å². The Bertz CT molecular complexity index is 525. The number of halogens is 1. The largest absolute Gasteiger partial charge is 0.338 e. The number of nitrogens with two attached hydrogens (primary N) is 1. The van der Waals surface area contributed by atoms with E-state index in [4.69, 9.17) is 5.73 Å². The molecule has 1 heterocycles. The van der Waals surface area contributed by atoms with E-state index in [1.54, 1.807) is 4.90 Å². The van der Waals surface area contributed by atoms with Gasteiger partial charge in [-0.1, -0.05) is 0 Å². The molecule has 0 unspecified atom stereocenters. The molecule has 5 nitrogen and oxygen atoms in total. The lowest BCUT2D eigenvalue weighted by Crippen LogP contribution is -2.43. The summed E-state index contributed by atoms with van der Waals surface area (Å²) >= 11 is 0. The summed E-state index contributed by atoms with van der Waals surface area (Å²) in [5.41, 5.74) is 6.18. The molecule has 6 heteroatoms. The van der Waals surface area contributed by atoms with Gasteiger partial charge in [-0.15, -0.1) is 0 Å². The Hall–Kier alpha value is -1.95. The van der Waals surface area contributed by atoms with Crippen LogP contribution >= 0.6 is 0 Å². The van der Waals surface area contributed by atoms with Crippen LogP contribution in [0.1, 0.15) is 30.1 Å². The quantitative estimate of drug-likeness (QED) is 0.858. The second kappa shape index (κ2) is 6.00. The molecule has 0 bridgehead atoms. The van der Waals surface area contributed by atoms with Crippen molar-refractivity contribution in [3.8, 4) is 0 Å². The first-order valence-electron chi connectivity index (χ1n) is 6.59. The van der Waals surface area contributed by atoms with Crippen LogP contribution in [-0.2, 0) is 4.79 Å². The molecule has 1 aromatic rings. The van der Waals surface area contributed by atoms with Crippen molar-refractivity contribution in [1.82, 2.24) is 4.90 Å². The summed E-state index contributed by atoms with van der Waals surface area (Å²) < 4.78 is 13.8. The normalized spacial score (nSPS) is 16.1. The first-order chi connectivity index (χ1) is 9.47. The van der Waals surface area contributed by atoms with Gasteiger partial charge >= 0.3 is 0 Å². The standard InChI is InChI=1S/C14H18FN3O2/c1-9(19)17-11-2-3-13(15)12(8-11)14(20)18-6-4-10(16)5-7-18/h2-3,8,10H,4-7,16H2,1H3,(H,17,19). The summed E-state index contributed by atoms with van der Waals surface area (Å²) in [7, 11) is 0. The molecule has 108 valence electrons. The fourth-order valence-corrected chi connectivity index (χ4v) is 2.24. The van der Waals surface area contributed by atoms with E-state index in [0.29, 0.717) is 18.8 Å². The van der Waals surface area contributed by atoms with E-state index < -0.39 is 5.82 Å². The van der Waals surface area contributed by atoms with Gasteiger partial charge < -0.3 is 16.0 Å². The molecule has 1 fully saturated rings. The Kier molecular flexibility index (Phi) is 4.34. The average Bonchev–Trinajstić information content (AvgIpc) is 2.40. The minimum atomic E-state index is -0.584. The number of hydrogen-bond acceptors (Lipinski definition) is 3. The number of nitrogens with one attached hydrogen (secondary N) is 1. The van der Waals surface area contributed by atoms with Crippen LogP contribution in [0.25, 0.3) is 0 Å². The molecule has 1 saturated heterocycles. The SMILES string of the molecule is CC(=O)Nc1ccc(F)c(C(=O)N2CCC(N)CC2)c1. The van der Waals surface area contributed by atoms with Crippen LogP contribution in [0.3, 0.4) is 0 Å². The zero-order chi connectivity index (χ0) is 14.7. The molecule has 0 spiro atoms. The number of hydrogen-bond donors (Lipinski definition) is 2. The van der Waals surface area contributed by atoms with Crippen molar-refractivity contribution in [2.75, 3.05) is 18.4 Å². The van der Waals surface area contributed by atoms with Gasteiger partial charge in [-0.2, -0.15) is 0 Å². The fourth-order valence-electron chi connectivity index (χ4n) is 2.24. The lowest BCUT2D eigenvalue weighted by molar-refractivity contribution is -0.114. The summed E-state index contributed by atoms with van der Waals surface area (Å²) in [5.74, 6) is -1.21. The second-order valence-corrected chi connectivity index (χ2v) is 5.01. The number of likely N-dealkylation sites (tertiary alicyclic amines) is 1. The van der Waals surface area contributed by atoms with Gasteiger partial charge in [0.15, 0.2) is 0 Å². The topological polar surface area (TPSA) is 75.4 Å². The Labute approximate surface area is 116 Å². The van der Waals surface area contributed by atoms with Crippen LogP contribution in [0.2, 0.25) is 0 Å². The third-order valence-corrected chi connectivity index (χ3v) is 3.34. The Morgan fingerprint density at radius 3 is 2.60 bits per heavy atom. The third kappa shape index (κ3) is 3.33. The Morgan fingerprint density at radius 1 is 1.35 bits per heavy atom. The third-order valence-electron chi connectivity index (χ3n) is 3.34. The van der Waals surface area contributed by atoms with E-state index in [9.17, 15) is 14.0 Å². The number of anilines is 1. The summed E-state index contributed by atoms with van der Waals surface area (Å²) in [5, 5.41) is 2.54. The number of carbonyl (C=O) groups is 2. The molecule has 2 rings (SSSR count). The van der Waals surface area contributed by atoms with E-state index in [1.165, 1.54) is 25.1 Å². The molecule has 1 aliphatic heterocycles. The van der Waals surface area contributed by atoms with Crippen molar-refractivity contribution < 1.29 is 14.0 Å². The maximum absolute atomic E-state index is 13.8. The maximum Gasteiger partial charge on any atom is 0.256 e. The van der Waals surface area contributed by atoms with Crippen LogP contribution in [0.4, 0.5) is 10.1 Å². The molecular weight excluding hydrogens is 261 g/mol. The number of rotatable bonds is 2. The number of nitrogens with zero attached hydrogens (tertiary/aromatic N) is 1. The molecule has 1 aliphatic rings. The van der Waals surface area contributed by atoms with Gasteiger partial charge in [0.05, 0.1) is 5.56 Å². The molecule has 0 aromatic heterocycles. The molecule has 0 aliphatic carbocycles. The van der Waals surface area contributed by atoms with Crippen molar-refractivity contribution in [1.29, 1.82) is 0 Å². The van der Waals surface area contributed by atoms with E-state index in [2.05, 4.69) is 5.32 Å². The average molecular weight is 279 g/mol. The van der Waals surface area contributed by atoms with E-state index in [0.717, 1.165) is 12.8 Å². The van der Waals surface area contributed by atoms with Crippen molar-refractivity contribution in [2.24, 2.45) is 5.73 Å². The highest BCUT2D eigenvalue weighted by Crippen LogP contribution is 2.19. The molecular formula is C14H18FN3O2. The minimum absolute atomic E-state index is 0.0216. The Balaban J connectivity index is 2.18. The van der Waals surface area contributed by atoms with Crippen LogP contribution < -0.4 is 11.1 Å². The van der Waals surface area contributed by atoms with Crippen molar-refractivity contribution in [3.63, 3.8) is 0 Å². The van der Waals surface area contributed by atoms with E-state index >= 15 is 0 Å². The number of amides is 2. The van der Waals surface area contributed by atoms with Crippen LogP contribution in [-0.4, -0.2) is 35.8 Å². The first kappa shape index (κ1) is 14.5. The van der Waals surface area contributed by atoms with Crippen molar-refractivity contribution in [3.05, 3.63) is 29.6 Å². The minimum Gasteiger partial charge on any atom is -0.338 e. The number of piperidine rings is 1. The number of carbonyl (C=O) groups excluding carboxylic acids is 2. The summed E-state index contributed by atoms with van der Waals surface area (Å²) in [6.07, 6.45) is 1.44. The Morgan fingerprint density at radius 2 is 2.00 bits per heavy atom. The lowest BCUT2D eigenvalue weighted by Gasteiger charge is -2.30. The smallest absolute Gasteiger partial charge is 0.256 e. The van der Waals surface area contributed by atoms with Gasteiger partial charge in [0.25, 0.3) is 5.91 Å². The van der Waals surface area contributed by atoms with Gasteiger partial charge in [-0.3, -0.25) is 9.59 Å². The van der Waals surface area contributed by atoms with Gasteiger partial charge in [-0.25, -0.2) is 4.39 Å². The van der Waals surface area contributed by atoms with Gasteiger partial charge in [0.1, 0.15) is 5.82 Å². The predicted molar refractivity (Wildman–Crippen MR) is 73.8 cm³/mol. The summed E-state index contributed by atoms with van der Waals surface area (Å²) in [4.78, 5) is 24.9. The predicted octanol–water partition coefficient (Wildman–Crippen LogP) is 1.35. The molecule has 0 atom stereocenters. The molecule has 20 heavy (non-hydrogen) atoms. The van der Waals surface area contributed by atoms with Gasteiger partial charge in [-0.05, 0) is 31.0 Å². The van der Waals surface area contributed by atoms with E-state index in [-0.39, 0.29) is 23.4 Å².